The third kappa shape index (κ3) is 2.37. The van der Waals surface area contributed by atoms with E-state index in [2.05, 4.69) is 57.8 Å². The Kier molecular flexibility index (Phi) is 4.39. The van der Waals surface area contributed by atoms with Gasteiger partial charge in [-0.3, -0.25) is 3.53 Å². The predicted molar refractivity (Wildman–Crippen MR) is 63.8 cm³/mol. The molecule has 0 spiro atoms. The fourth-order valence-electron chi connectivity index (χ4n) is 1.14. The van der Waals surface area contributed by atoms with E-state index in [4.69, 9.17) is 0 Å². The maximum Gasteiger partial charge on any atom is 0.0304 e. The molecule has 1 aromatic carbocycles. The van der Waals surface area contributed by atoms with Crippen LogP contribution in [0.2, 0.25) is 0 Å². The van der Waals surface area contributed by atoms with E-state index in [-0.39, 0.29) is 0 Å². The Labute approximate surface area is 91.8 Å². The third-order valence-corrected chi connectivity index (χ3v) is 3.14. The molecule has 0 aromatic heterocycles. The number of thioether (sulfide) groups is 1. The summed E-state index contributed by atoms with van der Waals surface area (Å²) in [5.41, 5.74) is 2.78. The zero-order chi connectivity index (χ0) is 8.97. The van der Waals surface area contributed by atoms with E-state index in [1.807, 2.05) is 0 Å². The minimum Gasteiger partial charge on any atom is -0.257 e. The summed E-state index contributed by atoms with van der Waals surface area (Å²) in [7, 11) is 0. The van der Waals surface area contributed by atoms with Gasteiger partial charge in [-0.2, -0.15) is 0 Å². The third-order valence-electron chi connectivity index (χ3n) is 1.87. The first-order valence-electron chi connectivity index (χ1n) is 3.75. The van der Waals surface area contributed by atoms with Crippen molar-refractivity contribution in [1.29, 1.82) is 0 Å². The Bertz CT molecular complexity index is 263. The van der Waals surface area contributed by atoms with Gasteiger partial charge in [0.25, 0.3) is 0 Å². The average Bonchev–Trinajstić information content (AvgIpc) is 2.09. The predicted octanol–water partition coefficient (Wildman–Crippen LogP) is 3.16. The molecule has 0 heterocycles. The van der Waals surface area contributed by atoms with Gasteiger partial charge in [-0.15, -0.1) is 11.8 Å². The summed E-state index contributed by atoms with van der Waals surface area (Å²) in [4.78, 5) is 1.37. The lowest BCUT2D eigenvalue weighted by Crippen LogP contribution is -2.00. The Balaban J connectivity index is 2.97. The fraction of sp³-hybridized carbons (Fsp3) is 0.333. The highest BCUT2D eigenvalue weighted by Gasteiger charge is 2.00. The summed E-state index contributed by atoms with van der Waals surface area (Å²) in [6, 6.07) is 6.44. The number of rotatable bonds is 3. The second-order valence-electron chi connectivity index (χ2n) is 2.55. The lowest BCUT2D eigenvalue weighted by atomic mass is 10.1. The molecular weight excluding hydrogens is 281 g/mol. The number of hydrogen-bond acceptors (Lipinski definition) is 2. The molecule has 1 N–H and O–H groups in total. The van der Waals surface area contributed by atoms with E-state index in [9.17, 15) is 0 Å². The molecule has 0 unspecified atom stereocenters. The second-order valence-corrected chi connectivity index (χ2v) is 4.17. The summed E-state index contributed by atoms with van der Waals surface area (Å²) >= 11 is 3.98. The topological polar surface area (TPSA) is 12.0 Å². The van der Waals surface area contributed by atoms with Crippen LogP contribution in [0.1, 0.15) is 11.1 Å². The molecule has 0 radical (unpaired) electrons. The quantitative estimate of drug-likeness (QED) is 0.522. The molecule has 0 saturated carbocycles. The first kappa shape index (κ1) is 10.3. The normalized spacial score (nSPS) is 10.2. The first-order chi connectivity index (χ1) is 5.79. The Morgan fingerprint density at radius 3 is 2.83 bits per heavy atom. The molecule has 1 aromatic rings. The van der Waals surface area contributed by atoms with E-state index < -0.39 is 0 Å². The lowest BCUT2D eigenvalue weighted by molar-refractivity contribution is 0.983. The largest absolute Gasteiger partial charge is 0.257 e. The van der Waals surface area contributed by atoms with Gasteiger partial charge in [0.2, 0.25) is 0 Å². The number of halogens is 1. The standard InChI is InChI=1S/C9H12INS/c1-7-8(6-11-10)4-3-5-9(7)12-2/h3-5,11H,6H2,1-2H3. The molecular formula is C9H12INS. The molecule has 0 aliphatic rings. The highest BCUT2D eigenvalue weighted by Crippen LogP contribution is 2.22. The van der Waals surface area contributed by atoms with Gasteiger partial charge in [-0.05, 0) is 30.4 Å². The van der Waals surface area contributed by atoms with E-state index in [0.29, 0.717) is 0 Å². The van der Waals surface area contributed by atoms with Crippen LogP contribution in [-0.2, 0) is 6.54 Å². The van der Waals surface area contributed by atoms with E-state index in [1.54, 1.807) is 11.8 Å². The molecule has 0 atom stereocenters. The van der Waals surface area contributed by atoms with Crippen molar-refractivity contribution in [2.75, 3.05) is 6.26 Å². The van der Waals surface area contributed by atoms with Gasteiger partial charge >= 0.3 is 0 Å². The molecule has 0 bridgehead atoms. The van der Waals surface area contributed by atoms with Crippen molar-refractivity contribution < 1.29 is 0 Å². The molecule has 66 valence electrons. The minimum absolute atomic E-state index is 0.945. The monoisotopic (exact) mass is 293 g/mol. The summed E-state index contributed by atoms with van der Waals surface area (Å²) in [5.74, 6) is 0. The average molecular weight is 293 g/mol. The molecule has 1 rings (SSSR count). The van der Waals surface area contributed by atoms with Crippen LogP contribution in [0.25, 0.3) is 0 Å². The maximum atomic E-state index is 3.14. The van der Waals surface area contributed by atoms with Gasteiger partial charge in [-0.1, -0.05) is 12.1 Å². The van der Waals surface area contributed by atoms with Crippen molar-refractivity contribution in [2.45, 2.75) is 18.4 Å². The van der Waals surface area contributed by atoms with Crippen molar-refractivity contribution in [3.63, 3.8) is 0 Å². The Hall–Kier alpha value is 0.260. The number of hydrogen-bond donors (Lipinski definition) is 1. The molecule has 3 heteroatoms. The summed E-state index contributed by atoms with van der Waals surface area (Å²) in [6.07, 6.45) is 2.11. The van der Waals surface area contributed by atoms with Crippen molar-refractivity contribution in [1.82, 2.24) is 3.53 Å². The zero-order valence-electron chi connectivity index (χ0n) is 7.23. The van der Waals surface area contributed by atoms with Crippen molar-refractivity contribution in [3.05, 3.63) is 29.3 Å². The number of nitrogens with one attached hydrogen (secondary N) is 1. The summed E-state index contributed by atoms with van der Waals surface area (Å²) in [6.45, 7) is 3.12. The molecule has 0 saturated heterocycles. The first-order valence-corrected chi connectivity index (χ1v) is 6.06. The van der Waals surface area contributed by atoms with Crippen LogP contribution in [0.15, 0.2) is 23.1 Å². The zero-order valence-corrected chi connectivity index (χ0v) is 10.2. The molecule has 12 heavy (non-hydrogen) atoms. The molecule has 0 amide bonds. The highest BCUT2D eigenvalue weighted by molar-refractivity contribution is 14.1. The van der Waals surface area contributed by atoms with Crippen LogP contribution in [0.5, 0.6) is 0 Å². The smallest absolute Gasteiger partial charge is 0.0304 e. The molecule has 1 nitrogen and oxygen atoms in total. The minimum atomic E-state index is 0.945. The summed E-state index contributed by atoms with van der Waals surface area (Å²) in [5, 5.41) is 0. The summed E-state index contributed by atoms with van der Waals surface area (Å²) < 4.78 is 3.14. The molecule has 0 aliphatic heterocycles. The van der Waals surface area contributed by atoms with Gasteiger partial charge in [0.1, 0.15) is 0 Å². The van der Waals surface area contributed by atoms with Crippen LogP contribution < -0.4 is 3.53 Å². The van der Waals surface area contributed by atoms with Crippen LogP contribution in [0.4, 0.5) is 0 Å². The van der Waals surface area contributed by atoms with Crippen LogP contribution in [0, 0.1) is 6.92 Å². The fourth-order valence-corrected chi connectivity index (χ4v) is 2.21. The van der Waals surface area contributed by atoms with Crippen molar-refractivity contribution >= 4 is 34.6 Å². The van der Waals surface area contributed by atoms with Gasteiger partial charge < -0.3 is 0 Å². The van der Waals surface area contributed by atoms with Gasteiger partial charge in [-0.25, -0.2) is 0 Å². The highest BCUT2D eigenvalue weighted by atomic mass is 127. The second kappa shape index (κ2) is 5.09. The van der Waals surface area contributed by atoms with E-state index in [1.165, 1.54) is 16.0 Å². The van der Waals surface area contributed by atoms with Crippen LogP contribution >= 0.6 is 34.6 Å². The maximum absolute atomic E-state index is 3.14. The van der Waals surface area contributed by atoms with Crippen molar-refractivity contribution in [3.8, 4) is 0 Å². The van der Waals surface area contributed by atoms with Gasteiger partial charge in [0.05, 0.1) is 0 Å². The Morgan fingerprint density at radius 2 is 2.25 bits per heavy atom. The molecule has 0 fully saturated rings. The molecule has 0 aliphatic carbocycles. The Morgan fingerprint density at radius 1 is 1.50 bits per heavy atom. The van der Waals surface area contributed by atoms with Crippen LogP contribution in [0.3, 0.4) is 0 Å². The van der Waals surface area contributed by atoms with Crippen molar-refractivity contribution in [2.24, 2.45) is 0 Å². The number of benzene rings is 1. The van der Waals surface area contributed by atoms with Crippen LogP contribution in [-0.4, -0.2) is 6.26 Å². The van der Waals surface area contributed by atoms with E-state index in [0.717, 1.165) is 6.54 Å². The van der Waals surface area contributed by atoms with Gasteiger partial charge in [0.15, 0.2) is 0 Å². The van der Waals surface area contributed by atoms with E-state index >= 15 is 0 Å². The van der Waals surface area contributed by atoms with Gasteiger partial charge in [0, 0.05) is 34.3 Å². The lowest BCUT2D eigenvalue weighted by Gasteiger charge is -2.07. The SMILES string of the molecule is CSc1cccc(CNI)c1C.